The fourth-order valence-corrected chi connectivity index (χ4v) is 3.16. The largest absolute Gasteiger partial charge is 0.368 e. The molecule has 0 bridgehead atoms. The fourth-order valence-electron chi connectivity index (χ4n) is 3.16. The number of amides is 3. The maximum atomic E-state index is 11.9. The van der Waals surface area contributed by atoms with Crippen LogP contribution in [-0.2, 0) is 16.1 Å². The zero-order valence-corrected chi connectivity index (χ0v) is 14.3. The van der Waals surface area contributed by atoms with Crippen LogP contribution in [0.2, 0.25) is 0 Å². The number of carbonyl (C=O) groups excluding carboxylic acids is 2. The van der Waals surface area contributed by atoms with Crippen LogP contribution in [0, 0.1) is 0 Å². The molecule has 2 aliphatic heterocycles. The minimum absolute atomic E-state index is 0.317. The average molecular weight is 347 g/mol. The van der Waals surface area contributed by atoms with E-state index >= 15 is 0 Å². The third kappa shape index (κ3) is 4.82. The second kappa shape index (κ2) is 8.66. The lowest BCUT2D eigenvalue weighted by molar-refractivity contribution is -0.130. The number of carbonyl (C=O) groups is 2. The Balaban J connectivity index is 1.47. The van der Waals surface area contributed by atoms with Crippen molar-refractivity contribution in [1.29, 1.82) is 0 Å². The van der Waals surface area contributed by atoms with Crippen LogP contribution in [-0.4, -0.2) is 42.7 Å². The zero-order valence-electron chi connectivity index (χ0n) is 14.3. The number of pyridine rings is 1. The van der Waals surface area contributed by atoms with Crippen LogP contribution in [0.5, 0.6) is 0 Å². The lowest BCUT2D eigenvalue weighted by atomic mass is 10.1. The SMILES string of the molecule is O=C(NCc1cccnc1N1CCCCC1)NNC(=O)C1CCCO1. The van der Waals surface area contributed by atoms with Crippen LogP contribution < -0.4 is 21.1 Å². The summed E-state index contributed by atoms with van der Waals surface area (Å²) >= 11 is 0. The second-order valence-corrected chi connectivity index (χ2v) is 6.33. The molecule has 1 aromatic heterocycles. The van der Waals surface area contributed by atoms with Crippen LogP contribution in [0.15, 0.2) is 18.3 Å². The standard InChI is InChI=1S/C17H25N5O3/c23-16(14-7-5-11-25-14)20-21-17(24)19-12-13-6-4-8-18-15(13)22-9-2-1-3-10-22/h4,6,8,14H,1-3,5,7,9-12H2,(H,20,23)(H2,19,21,24). The van der Waals surface area contributed by atoms with Gasteiger partial charge in [0.2, 0.25) is 0 Å². The first-order chi connectivity index (χ1) is 12.2. The van der Waals surface area contributed by atoms with Gasteiger partial charge in [-0.15, -0.1) is 0 Å². The zero-order chi connectivity index (χ0) is 17.5. The molecule has 0 spiro atoms. The van der Waals surface area contributed by atoms with Crippen molar-refractivity contribution in [2.45, 2.75) is 44.8 Å². The number of aromatic nitrogens is 1. The van der Waals surface area contributed by atoms with Gasteiger partial charge in [-0.3, -0.25) is 10.2 Å². The van der Waals surface area contributed by atoms with Crippen molar-refractivity contribution < 1.29 is 14.3 Å². The smallest absolute Gasteiger partial charge is 0.333 e. The van der Waals surface area contributed by atoms with E-state index in [1.165, 1.54) is 19.3 Å². The van der Waals surface area contributed by atoms with Crippen molar-refractivity contribution in [2.24, 2.45) is 0 Å². The summed E-state index contributed by atoms with van der Waals surface area (Å²) in [6.45, 7) is 2.92. The third-order valence-corrected chi connectivity index (χ3v) is 4.48. The average Bonchev–Trinajstić information content (AvgIpc) is 3.20. The van der Waals surface area contributed by atoms with Crippen molar-refractivity contribution in [3.8, 4) is 0 Å². The summed E-state index contributed by atoms with van der Waals surface area (Å²) in [7, 11) is 0. The molecular formula is C17H25N5O3. The molecule has 1 atom stereocenters. The molecule has 3 amide bonds. The highest BCUT2D eigenvalue weighted by Crippen LogP contribution is 2.21. The van der Waals surface area contributed by atoms with Gasteiger partial charge in [0.25, 0.3) is 5.91 Å². The summed E-state index contributed by atoms with van der Waals surface area (Å²) in [5.74, 6) is 0.605. The highest BCUT2D eigenvalue weighted by Gasteiger charge is 2.23. The topological polar surface area (TPSA) is 95.6 Å². The summed E-state index contributed by atoms with van der Waals surface area (Å²) in [6.07, 6.45) is 6.44. The maximum Gasteiger partial charge on any atom is 0.333 e. The third-order valence-electron chi connectivity index (χ3n) is 4.48. The molecule has 3 heterocycles. The minimum atomic E-state index is -0.468. The Morgan fingerprint density at radius 3 is 2.80 bits per heavy atom. The van der Waals surface area contributed by atoms with E-state index in [2.05, 4.69) is 26.1 Å². The molecule has 1 aromatic rings. The van der Waals surface area contributed by atoms with Gasteiger partial charge in [-0.25, -0.2) is 15.2 Å². The maximum absolute atomic E-state index is 11.9. The molecule has 0 aromatic carbocycles. The molecule has 2 saturated heterocycles. The summed E-state index contributed by atoms with van der Waals surface area (Å²) in [4.78, 5) is 30.4. The summed E-state index contributed by atoms with van der Waals surface area (Å²) in [5, 5.41) is 2.75. The lowest BCUT2D eigenvalue weighted by Crippen LogP contribution is -2.49. The summed E-state index contributed by atoms with van der Waals surface area (Å²) in [5.41, 5.74) is 5.71. The van der Waals surface area contributed by atoms with E-state index in [0.717, 1.165) is 30.9 Å². The molecule has 2 aliphatic rings. The highest BCUT2D eigenvalue weighted by molar-refractivity contribution is 5.84. The molecule has 3 rings (SSSR count). The van der Waals surface area contributed by atoms with E-state index in [0.29, 0.717) is 19.6 Å². The number of hydrazine groups is 1. The van der Waals surface area contributed by atoms with E-state index in [4.69, 9.17) is 4.74 Å². The molecule has 2 fully saturated rings. The van der Waals surface area contributed by atoms with E-state index in [-0.39, 0.29) is 5.91 Å². The van der Waals surface area contributed by atoms with Crippen LogP contribution in [0.1, 0.15) is 37.7 Å². The number of hydrogen-bond acceptors (Lipinski definition) is 5. The summed E-state index contributed by atoms with van der Waals surface area (Å²) in [6, 6.07) is 3.36. The fraction of sp³-hybridized carbons (Fsp3) is 0.588. The predicted octanol–water partition coefficient (Wildman–Crippen LogP) is 1.08. The van der Waals surface area contributed by atoms with Crippen LogP contribution in [0.4, 0.5) is 10.6 Å². The van der Waals surface area contributed by atoms with Crippen LogP contribution in [0.3, 0.4) is 0 Å². The molecule has 136 valence electrons. The Morgan fingerprint density at radius 2 is 2.04 bits per heavy atom. The van der Waals surface area contributed by atoms with E-state index in [1.54, 1.807) is 6.20 Å². The highest BCUT2D eigenvalue weighted by atomic mass is 16.5. The monoisotopic (exact) mass is 347 g/mol. The minimum Gasteiger partial charge on any atom is -0.368 e. The number of urea groups is 1. The van der Waals surface area contributed by atoms with Crippen molar-refractivity contribution in [1.82, 2.24) is 21.2 Å². The van der Waals surface area contributed by atoms with Gasteiger partial charge >= 0.3 is 6.03 Å². The van der Waals surface area contributed by atoms with Gasteiger partial charge in [0.1, 0.15) is 11.9 Å². The number of nitrogens with zero attached hydrogens (tertiary/aromatic N) is 2. The van der Waals surface area contributed by atoms with Crippen molar-refractivity contribution in [3.63, 3.8) is 0 Å². The van der Waals surface area contributed by atoms with Crippen LogP contribution >= 0.6 is 0 Å². The molecule has 0 saturated carbocycles. The normalized spacial score (nSPS) is 20.2. The Bertz CT molecular complexity index is 598. The van der Waals surface area contributed by atoms with E-state index in [1.807, 2.05) is 12.1 Å². The molecule has 3 N–H and O–H groups in total. The number of rotatable bonds is 4. The Kier molecular flexibility index (Phi) is 6.05. The molecule has 25 heavy (non-hydrogen) atoms. The van der Waals surface area contributed by atoms with Crippen LogP contribution in [0.25, 0.3) is 0 Å². The predicted molar refractivity (Wildman–Crippen MR) is 92.8 cm³/mol. The Labute approximate surface area is 147 Å². The first-order valence-corrected chi connectivity index (χ1v) is 8.88. The van der Waals surface area contributed by atoms with Gasteiger partial charge in [0, 0.05) is 38.0 Å². The van der Waals surface area contributed by atoms with E-state index < -0.39 is 12.1 Å². The van der Waals surface area contributed by atoms with Gasteiger partial charge in [-0.1, -0.05) is 6.07 Å². The first kappa shape index (κ1) is 17.5. The van der Waals surface area contributed by atoms with Gasteiger partial charge in [0.05, 0.1) is 0 Å². The van der Waals surface area contributed by atoms with Gasteiger partial charge in [0.15, 0.2) is 0 Å². The molecule has 1 unspecified atom stereocenters. The Hall–Kier alpha value is -2.35. The number of hydrogen-bond donors (Lipinski definition) is 3. The van der Waals surface area contributed by atoms with E-state index in [9.17, 15) is 9.59 Å². The lowest BCUT2D eigenvalue weighted by Gasteiger charge is -2.29. The second-order valence-electron chi connectivity index (χ2n) is 6.33. The van der Waals surface area contributed by atoms with Gasteiger partial charge in [-0.05, 0) is 38.2 Å². The Morgan fingerprint density at radius 1 is 1.20 bits per heavy atom. The quantitative estimate of drug-likeness (QED) is 0.709. The molecule has 0 aliphatic carbocycles. The molecule has 8 nitrogen and oxygen atoms in total. The van der Waals surface area contributed by atoms with Crippen molar-refractivity contribution in [2.75, 3.05) is 24.6 Å². The number of ether oxygens (including phenoxy) is 1. The van der Waals surface area contributed by atoms with Crippen molar-refractivity contribution >= 4 is 17.8 Å². The molecule has 8 heteroatoms. The number of anilines is 1. The number of piperidine rings is 1. The number of nitrogens with one attached hydrogen (secondary N) is 3. The van der Waals surface area contributed by atoms with Gasteiger partial charge in [-0.2, -0.15) is 0 Å². The molecule has 0 radical (unpaired) electrons. The van der Waals surface area contributed by atoms with Gasteiger partial charge < -0.3 is 15.0 Å². The van der Waals surface area contributed by atoms with Crippen molar-refractivity contribution in [3.05, 3.63) is 23.9 Å². The summed E-state index contributed by atoms with van der Waals surface area (Å²) < 4.78 is 5.26. The first-order valence-electron chi connectivity index (χ1n) is 8.88. The molecular weight excluding hydrogens is 322 g/mol.